The molecular weight excluding hydrogens is 251 g/mol. The van der Waals surface area contributed by atoms with Gasteiger partial charge in [-0.15, -0.1) is 0 Å². The summed E-state index contributed by atoms with van der Waals surface area (Å²) in [6.07, 6.45) is -4.11. The van der Waals surface area contributed by atoms with Gasteiger partial charge in [0.05, 0.1) is 12.6 Å². The molecule has 1 N–H and O–H groups in total. The summed E-state index contributed by atoms with van der Waals surface area (Å²) in [6, 6.07) is -0.0765. The molecule has 0 radical (unpaired) electrons. The van der Waals surface area contributed by atoms with E-state index in [9.17, 15) is 13.2 Å². The summed E-state index contributed by atoms with van der Waals surface area (Å²) in [5.74, 6) is 0.764. The molecule has 1 unspecified atom stereocenters. The van der Waals surface area contributed by atoms with Crippen molar-refractivity contribution < 1.29 is 22.4 Å². The number of hydrogen-bond donors (Lipinski definition) is 1. The Kier molecular flexibility index (Phi) is 5.54. The van der Waals surface area contributed by atoms with Gasteiger partial charge in [-0.3, -0.25) is 0 Å². The van der Waals surface area contributed by atoms with Crippen LogP contribution in [0.15, 0.2) is 4.52 Å². The van der Waals surface area contributed by atoms with Crippen LogP contribution in [0.3, 0.4) is 0 Å². The van der Waals surface area contributed by atoms with E-state index in [-0.39, 0.29) is 19.1 Å². The average molecular weight is 267 g/mol. The minimum atomic E-state index is -4.30. The van der Waals surface area contributed by atoms with Crippen molar-refractivity contribution in [3.8, 4) is 0 Å². The predicted octanol–water partition coefficient (Wildman–Crippen LogP) is 1.86. The lowest BCUT2D eigenvalue weighted by Crippen LogP contribution is -2.18. The highest BCUT2D eigenvalue weighted by Gasteiger charge is 2.27. The summed E-state index contributed by atoms with van der Waals surface area (Å²) >= 11 is 0. The standard InChI is InChI=1S/C10H16F3N3O2/c1-3-14-7(2)9-15-8(16-18-9)4-5-17-6-10(11,12)13/h7,14H,3-6H2,1-2H3. The number of rotatable bonds is 7. The molecule has 0 aliphatic rings. The third-order valence-corrected chi connectivity index (χ3v) is 2.10. The second kappa shape index (κ2) is 6.69. The van der Waals surface area contributed by atoms with Crippen molar-refractivity contribution in [1.82, 2.24) is 15.5 Å². The van der Waals surface area contributed by atoms with Crippen LogP contribution in [-0.2, 0) is 11.2 Å². The summed E-state index contributed by atoms with van der Waals surface area (Å²) < 4.78 is 44.8. The van der Waals surface area contributed by atoms with Crippen LogP contribution in [0, 0.1) is 0 Å². The molecule has 0 aliphatic heterocycles. The first-order valence-electron chi connectivity index (χ1n) is 5.62. The van der Waals surface area contributed by atoms with Crippen LogP contribution in [0.25, 0.3) is 0 Å². The van der Waals surface area contributed by atoms with Crippen molar-refractivity contribution in [3.05, 3.63) is 11.7 Å². The topological polar surface area (TPSA) is 60.2 Å². The van der Waals surface area contributed by atoms with Gasteiger partial charge in [0.25, 0.3) is 0 Å². The van der Waals surface area contributed by atoms with E-state index in [1.54, 1.807) is 0 Å². The van der Waals surface area contributed by atoms with E-state index in [0.29, 0.717) is 11.7 Å². The SMILES string of the molecule is CCNC(C)c1nc(CCOCC(F)(F)F)no1. The highest BCUT2D eigenvalue weighted by Crippen LogP contribution is 2.14. The van der Waals surface area contributed by atoms with Gasteiger partial charge < -0.3 is 14.6 Å². The Labute approximate surface area is 103 Å². The summed E-state index contributed by atoms with van der Waals surface area (Å²) in [5, 5.41) is 6.75. The zero-order valence-electron chi connectivity index (χ0n) is 10.3. The zero-order valence-corrected chi connectivity index (χ0v) is 10.3. The van der Waals surface area contributed by atoms with E-state index in [2.05, 4.69) is 20.2 Å². The van der Waals surface area contributed by atoms with Gasteiger partial charge in [-0.25, -0.2) is 0 Å². The molecule has 0 spiro atoms. The van der Waals surface area contributed by atoms with Crippen LogP contribution >= 0.6 is 0 Å². The fourth-order valence-electron chi connectivity index (χ4n) is 1.29. The number of nitrogens with one attached hydrogen (secondary N) is 1. The van der Waals surface area contributed by atoms with Crippen molar-refractivity contribution >= 4 is 0 Å². The molecule has 0 amide bonds. The third-order valence-electron chi connectivity index (χ3n) is 2.10. The Morgan fingerprint density at radius 1 is 1.44 bits per heavy atom. The molecule has 1 heterocycles. The first-order valence-corrected chi connectivity index (χ1v) is 5.62. The van der Waals surface area contributed by atoms with Crippen LogP contribution in [0.1, 0.15) is 31.6 Å². The number of halogens is 3. The van der Waals surface area contributed by atoms with E-state index >= 15 is 0 Å². The Balaban J connectivity index is 2.31. The first-order chi connectivity index (χ1) is 8.42. The van der Waals surface area contributed by atoms with E-state index < -0.39 is 12.8 Å². The van der Waals surface area contributed by atoms with Crippen LogP contribution < -0.4 is 5.32 Å². The number of aromatic nitrogens is 2. The fourth-order valence-corrected chi connectivity index (χ4v) is 1.29. The maximum Gasteiger partial charge on any atom is 0.411 e. The molecular formula is C10H16F3N3O2. The monoisotopic (exact) mass is 267 g/mol. The highest BCUT2D eigenvalue weighted by atomic mass is 19.4. The molecule has 0 saturated carbocycles. The van der Waals surface area contributed by atoms with Gasteiger partial charge in [0.2, 0.25) is 5.89 Å². The molecule has 0 saturated heterocycles. The van der Waals surface area contributed by atoms with E-state index in [1.807, 2.05) is 13.8 Å². The van der Waals surface area contributed by atoms with Crippen molar-refractivity contribution in [2.45, 2.75) is 32.5 Å². The maximum absolute atomic E-state index is 11.8. The van der Waals surface area contributed by atoms with Crippen LogP contribution in [0.5, 0.6) is 0 Å². The smallest absolute Gasteiger partial charge is 0.372 e. The largest absolute Gasteiger partial charge is 0.411 e. The van der Waals surface area contributed by atoms with Crippen molar-refractivity contribution in [2.24, 2.45) is 0 Å². The van der Waals surface area contributed by atoms with E-state index in [4.69, 9.17) is 4.52 Å². The molecule has 0 fully saturated rings. The summed E-state index contributed by atoms with van der Waals surface area (Å²) in [6.45, 7) is 3.22. The number of nitrogens with zero attached hydrogens (tertiary/aromatic N) is 2. The number of ether oxygens (including phenoxy) is 1. The van der Waals surface area contributed by atoms with Gasteiger partial charge in [0.1, 0.15) is 6.61 Å². The highest BCUT2D eigenvalue weighted by molar-refractivity contribution is 4.91. The average Bonchev–Trinajstić information content (AvgIpc) is 2.72. The third kappa shape index (κ3) is 5.46. The molecule has 1 rings (SSSR count). The van der Waals surface area contributed by atoms with Gasteiger partial charge in [-0.2, -0.15) is 18.2 Å². The van der Waals surface area contributed by atoms with Crippen LogP contribution in [-0.4, -0.2) is 36.1 Å². The lowest BCUT2D eigenvalue weighted by Gasteiger charge is -2.06. The molecule has 5 nitrogen and oxygen atoms in total. The van der Waals surface area contributed by atoms with Crippen molar-refractivity contribution in [2.75, 3.05) is 19.8 Å². The maximum atomic E-state index is 11.8. The number of alkyl halides is 3. The lowest BCUT2D eigenvalue weighted by molar-refractivity contribution is -0.173. The summed E-state index contributed by atoms with van der Waals surface area (Å²) in [5.41, 5.74) is 0. The lowest BCUT2D eigenvalue weighted by atomic mass is 10.3. The molecule has 1 aromatic rings. The van der Waals surface area contributed by atoms with Gasteiger partial charge >= 0.3 is 6.18 Å². The fraction of sp³-hybridized carbons (Fsp3) is 0.800. The van der Waals surface area contributed by atoms with E-state index in [1.165, 1.54) is 0 Å². The quantitative estimate of drug-likeness (QED) is 0.764. The molecule has 104 valence electrons. The predicted molar refractivity (Wildman–Crippen MR) is 57.0 cm³/mol. The Morgan fingerprint density at radius 2 is 2.17 bits per heavy atom. The van der Waals surface area contributed by atoms with Crippen molar-refractivity contribution in [1.29, 1.82) is 0 Å². The zero-order chi connectivity index (χ0) is 13.6. The van der Waals surface area contributed by atoms with Crippen molar-refractivity contribution in [3.63, 3.8) is 0 Å². The molecule has 0 bridgehead atoms. The Morgan fingerprint density at radius 3 is 2.78 bits per heavy atom. The molecule has 0 aliphatic carbocycles. The van der Waals surface area contributed by atoms with Gasteiger partial charge in [0, 0.05) is 6.42 Å². The molecule has 18 heavy (non-hydrogen) atoms. The summed E-state index contributed by atoms with van der Waals surface area (Å²) in [7, 11) is 0. The van der Waals surface area contributed by atoms with E-state index in [0.717, 1.165) is 6.54 Å². The summed E-state index contributed by atoms with van der Waals surface area (Å²) in [4.78, 5) is 4.06. The minimum absolute atomic E-state index is 0.0765. The first kappa shape index (κ1) is 14.9. The van der Waals surface area contributed by atoms with Gasteiger partial charge in [-0.05, 0) is 13.5 Å². The van der Waals surface area contributed by atoms with Gasteiger partial charge in [-0.1, -0.05) is 12.1 Å². The minimum Gasteiger partial charge on any atom is -0.372 e. The Hall–Kier alpha value is -1.15. The molecule has 8 heteroatoms. The van der Waals surface area contributed by atoms with Gasteiger partial charge in [0.15, 0.2) is 5.82 Å². The molecule has 1 atom stereocenters. The normalized spacial score (nSPS) is 13.8. The molecule has 0 aromatic carbocycles. The van der Waals surface area contributed by atoms with Crippen LogP contribution in [0.2, 0.25) is 0 Å². The second-order valence-corrected chi connectivity index (χ2v) is 3.75. The number of hydrogen-bond acceptors (Lipinski definition) is 5. The molecule has 1 aromatic heterocycles. The second-order valence-electron chi connectivity index (χ2n) is 3.75. The van der Waals surface area contributed by atoms with Crippen LogP contribution in [0.4, 0.5) is 13.2 Å². The Bertz CT molecular complexity index is 354.